The van der Waals surface area contributed by atoms with Gasteiger partial charge in [0.25, 0.3) is 5.91 Å². The Kier molecular flexibility index (Phi) is 9.82. The van der Waals surface area contributed by atoms with E-state index >= 15 is 0 Å². The summed E-state index contributed by atoms with van der Waals surface area (Å²) in [5, 5.41) is 0. The number of hydrogen-bond donors (Lipinski definition) is 1. The lowest BCUT2D eigenvalue weighted by Crippen LogP contribution is -2.50. The minimum absolute atomic E-state index is 0. The van der Waals surface area contributed by atoms with Gasteiger partial charge in [-0.2, -0.15) is 0 Å². The fraction of sp³-hybridized carbons (Fsp3) is 0.458. The first-order valence-electron chi connectivity index (χ1n) is 11.4. The minimum atomic E-state index is -0.584. The number of anilines is 2. The molecule has 0 bridgehead atoms. The fourth-order valence-electron chi connectivity index (χ4n) is 4.09. The van der Waals surface area contributed by atoms with Gasteiger partial charge in [-0.05, 0) is 52.0 Å². The molecule has 1 atom stereocenters. The molecule has 3 rings (SSSR count). The van der Waals surface area contributed by atoms with Crippen molar-refractivity contribution in [3.63, 3.8) is 0 Å². The molecular weight excluding hydrogens is 472 g/mol. The van der Waals surface area contributed by atoms with Crippen LogP contribution < -0.4 is 15.5 Å². The second-order valence-electron chi connectivity index (χ2n) is 8.35. The van der Waals surface area contributed by atoms with Crippen molar-refractivity contribution in [2.75, 3.05) is 42.6 Å². The summed E-state index contributed by atoms with van der Waals surface area (Å²) in [6.45, 7) is 10.1. The van der Waals surface area contributed by atoms with Gasteiger partial charge in [0, 0.05) is 44.6 Å². The molecule has 1 aliphatic rings. The summed E-state index contributed by atoms with van der Waals surface area (Å²) in [6.07, 6.45) is 3.05. The number of amides is 2. The van der Waals surface area contributed by atoms with Gasteiger partial charge in [0.1, 0.15) is 11.7 Å². The van der Waals surface area contributed by atoms with Crippen LogP contribution in [0.4, 0.5) is 11.5 Å². The maximum absolute atomic E-state index is 12.9. The second-order valence-corrected chi connectivity index (χ2v) is 8.35. The molecule has 0 aromatic carbocycles. The molecule has 0 saturated carbocycles. The summed E-state index contributed by atoms with van der Waals surface area (Å²) < 4.78 is 5.25. The van der Waals surface area contributed by atoms with E-state index in [1.54, 1.807) is 18.0 Å². The van der Waals surface area contributed by atoms with Gasteiger partial charge in [0.05, 0.1) is 17.9 Å². The number of rotatable bonds is 8. The van der Waals surface area contributed by atoms with Crippen LogP contribution in [0.15, 0.2) is 36.7 Å². The fourth-order valence-corrected chi connectivity index (χ4v) is 4.09. The zero-order valence-corrected chi connectivity index (χ0v) is 21.3. The van der Waals surface area contributed by atoms with E-state index in [1.807, 2.05) is 37.8 Å². The van der Waals surface area contributed by atoms with E-state index in [2.05, 4.69) is 14.9 Å². The molecule has 1 saturated heterocycles. The molecule has 0 aliphatic carbocycles. The quantitative estimate of drug-likeness (QED) is 0.542. The Hall–Kier alpha value is -3.40. The van der Waals surface area contributed by atoms with E-state index in [9.17, 15) is 14.4 Å². The number of piperazine rings is 1. The predicted octanol–water partition coefficient (Wildman–Crippen LogP) is 2.13. The molecular formula is C24H33ClN6O4. The van der Waals surface area contributed by atoms with Crippen LogP contribution in [-0.4, -0.2) is 77.5 Å². The van der Waals surface area contributed by atoms with E-state index in [0.29, 0.717) is 32.8 Å². The Balaban J connectivity index is 0.00000432. The Morgan fingerprint density at radius 2 is 1.77 bits per heavy atom. The molecule has 35 heavy (non-hydrogen) atoms. The van der Waals surface area contributed by atoms with E-state index < -0.39 is 11.9 Å². The number of esters is 1. The maximum Gasteiger partial charge on any atom is 0.328 e. The number of primary amides is 1. The van der Waals surface area contributed by atoms with Crippen LogP contribution in [0.5, 0.6) is 0 Å². The second kappa shape index (κ2) is 12.3. The Bertz CT molecular complexity index is 1020. The van der Waals surface area contributed by atoms with Crippen molar-refractivity contribution in [3.8, 4) is 0 Å². The van der Waals surface area contributed by atoms with Gasteiger partial charge >= 0.3 is 5.97 Å². The molecule has 1 aliphatic heterocycles. The van der Waals surface area contributed by atoms with Crippen LogP contribution in [0.25, 0.3) is 0 Å². The third-order valence-corrected chi connectivity index (χ3v) is 5.78. The summed E-state index contributed by atoms with van der Waals surface area (Å²) in [5.74, 6) is -0.296. The van der Waals surface area contributed by atoms with Crippen molar-refractivity contribution in [1.29, 1.82) is 0 Å². The standard InChI is InChI=1S/C24H32N6O4.ClH/c1-5-34-24(33)17(4)30(16(2)3)20-7-6-10-26-22(20)28-11-13-29(14-12-28)23(32)19-9-8-18(15-27-19)21(25)31;/h6-10,15-17H,5,11-14H2,1-4H3,(H2,25,31);1H. The molecule has 2 amide bonds. The van der Waals surface area contributed by atoms with Crippen LogP contribution in [0.3, 0.4) is 0 Å². The van der Waals surface area contributed by atoms with Gasteiger partial charge in [-0.1, -0.05) is 0 Å². The first-order chi connectivity index (χ1) is 16.2. The highest BCUT2D eigenvalue weighted by molar-refractivity contribution is 5.95. The SMILES string of the molecule is CCOC(=O)C(C)N(c1cccnc1N1CCN(C(=O)c2ccc(C(N)=O)cn2)CC1)C(C)C.Cl. The van der Waals surface area contributed by atoms with E-state index in [-0.39, 0.29) is 41.6 Å². The largest absolute Gasteiger partial charge is 0.464 e. The van der Waals surface area contributed by atoms with E-state index in [1.165, 1.54) is 18.3 Å². The van der Waals surface area contributed by atoms with E-state index in [4.69, 9.17) is 10.5 Å². The van der Waals surface area contributed by atoms with Crippen LogP contribution in [0.2, 0.25) is 0 Å². The minimum Gasteiger partial charge on any atom is -0.464 e. The number of pyridine rings is 2. The molecule has 2 N–H and O–H groups in total. The van der Waals surface area contributed by atoms with Crippen molar-refractivity contribution in [1.82, 2.24) is 14.9 Å². The predicted molar refractivity (Wildman–Crippen MR) is 136 cm³/mol. The third-order valence-electron chi connectivity index (χ3n) is 5.78. The van der Waals surface area contributed by atoms with Crippen LogP contribution in [0, 0.1) is 0 Å². The van der Waals surface area contributed by atoms with E-state index in [0.717, 1.165) is 11.5 Å². The van der Waals surface area contributed by atoms with Crippen molar-refractivity contribution < 1.29 is 19.1 Å². The summed E-state index contributed by atoms with van der Waals surface area (Å²) in [6, 6.07) is 6.40. The van der Waals surface area contributed by atoms with Crippen LogP contribution in [0.1, 0.15) is 48.5 Å². The molecule has 2 aromatic heterocycles. The number of carbonyl (C=O) groups is 3. The van der Waals surface area contributed by atoms with Gasteiger partial charge in [-0.25, -0.2) is 9.78 Å². The molecule has 3 heterocycles. The summed E-state index contributed by atoms with van der Waals surface area (Å²) in [4.78, 5) is 51.2. The number of aromatic nitrogens is 2. The first-order valence-corrected chi connectivity index (χ1v) is 11.4. The molecule has 10 nitrogen and oxygen atoms in total. The molecule has 11 heteroatoms. The number of ether oxygens (including phenoxy) is 1. The van der Waals surface area contributed by atoms with Gasteiger partial charge in [0.15, 0.2) is 5.82 Å². The molecule has 0 radical (unpaired) electrons. The lowest BCUT2D eigenvalue weighted by molar-refractivity contribution is -0.144. The monoisotopic (exact) mass is 504 g/mol. The Morgan fingerprint density at radius 3 is 2.31 bits per heavy atom. The summed E-state index contributed by atoms with van der Waals surface area (Å²) in [5.41, 5.74) is 6.62. The lowest BCUT2D eigenvalue weighted by atomic mass is 10.1. The maximum atomic E-state index is 12.9. The number of carbonyl (C=O) groups excluding carboxylic acids is 3. The molecule has 1 fully saturated rings. The first kappa shape index (κ1) is 27.8. The number of hydrogen-bond acceptors (Lipinski definition) is 8. The highest BCUT2D eigenvalue weighted by Crippen LogP contribution is 2.31. The average Bonchev–Trinajstić information content (AvgIpc) is 2.84. The molecule has 1 unspecified atom stereocenters. The Labute approximate surface area is 211 Å². The summed E-state index contributed by atoms with van der Waals surface area (Å²) >= 11 is 0. The number of halogens is 1. The lowest BCUT2D eigenvalue weighted by Gasteiger charge is -2.39. The number of nitrogens with two attached hydrogens (primary N) is 1. The van der Waals surface area contributed by atoms with Gasteiger partial charge in [0.2, 0.25) is 5.91 Å². The molecule has 0 spiro atoms. The third kappa shape index (κ3) is 6.39. The van der Waals surface area contributed by atoms with Crippen molar-refractivity contribution >= 4 is 41.7 Å². The van der Waals surface area contributed by atoms with Crippen molar-refractivity contribution in [2.24, 2.45) is 5.73 Å². The van der Waals surface area contributed by atoms with Crippen LogP contribution in [-0.2, 0) is 9.53 Å². The van der Waals surface area contributed by atoms with Gasteiger partial charge < -0.3 is 25.2 Å². The zero-order valence-electron chi connectivity index (χ0n) is 20.5. The number of nitrogens with zero attached hydrogens (tertiary/aromatic N) is 5. The molecule has 2 aromatic rings. The highest BCUT2D eigenvalue weighted by atomic mass is 35.5. The molecule has 190 valence electrons. The topological polar surface area (TPSA) is 122 Å². The van der Waals surface area contributed by atoms with Crippen molar-refractivity contribution in [2.45, 2.75) is 39.8 Å². The van der Waals surface area contributed by atoms with Crippen LogP contribution >= 0.6 is 12.4 Å². The smallest absolute Gasteiger partial charge is 0.328 e. The average molecular weight is 505 g/mol. The zero-order chi connectivity index (χ0) is 24.8. The Morgan fingerprint density at radius 1 is 1.09 bits per heavy atom. The summed E-state index contributed by atoms with van der Waals surface area (Å²) in [7, 11) is 0. The normalized spacial score (nSPS) is 14.2. The highest BCUT2D eigenvalue weighted by Gasteiger charge is 2.30. The van der Waals surface area contributed by atoms with Gasteiger partial charge in [-0.3, -0.25) is 14.6 Å². The van der Waals surface area contributed by atoms with Crippen molar-refractivity contribution in [3.05, 3.63) is 47.9 Å². The van der Waals surface area contributed by atoms with Gasteiger partial charge in [-0.15, -0.1) is 12.4 Å².